The average Bonchev–Trinajstić information content (AvgIpc) is 2.56. The van der Waals surface area contributed by atoms with E-state index in [4.69, 9.17) is 5.73 Å². The van der Waals surface area contributed by atoms with Gasteiger partial charge in [-0.3, -0.25) is 9.36 Å². The molecule has 0 atom stereocenters. The second kappa shape index (κ2) is 6.60. The molecule has 6 heteroatoms. The molecule has 0 aliphatic rings. The molecule has 0 saturated heterocycles. The van der Waals surface area contributed by atoms with Crippen LogP contribution >= 0.6 is 0 Å². The number of rotatable bonds is 3. The number of carbonyl (C=O) groups is 1. The number of primary amides is 1. The van der Waals surface area contributed by atoms with Gasteiger partial charge in [0.2, 0.25) is 0 Å². The maximum Gasteiger partial charge on any atom is 0.316 e. The van der Waals surface area contributed by atoms with Gasteiger partial charge in [0.25, 0.3) is 5.56 Å². The van der Waals surface area contributed by atoms with Crippen molar-refractivity contribution in [1.29, 1.82) is 0 Å². The number of benzene rings is 2. The zero-order valence-corrected chi connectivity index (χ0v) is 13.5. The highest BCUT2D eigenvalue weighted by molar-refractivity contribution is 5.87. The summed E-state index contributed by atoms with van der Waals surface area (Å²) >= 11 is 0. The van der Waals surface area contributed by atoms with E-state index in [1.807, 2.05) is 6.92 Å². The van der Waals surface area contributed by atoms with Gasteiger partial charge < -0.3 is 11.1 Å². The molecule has 3 N–H and O–H groups in total. The van der Waals surface area contributed by atoms with Crippen LogP contribution in [0.25, 0.3) is 16.8 Å². The lowest BCUT2D eigenvalue weighted by atomic mass is 10.0. The molecule has 1 aromatic heterocycles. The monoisotopic (exact) mass is 337 g/mol. The molecule has 3 rings (SSSR count). The number of amides is 2. The maximum absolute atomic E-state index is 13.1. The summed E-state index contributed by atoms with van der Waals surface area (Å²) in [5, 5.41) is 2.47. The molecule has 3 aromatic rings. The van der Waals surface area contributed by atoms with Gasteiger partial charge in [0, 0.05) is 29.2 Å². The third kappa shape index (κ3) is 3.58. The van der Waals surface area contributed by atoms with E-state index in [1.54, 1.807) is 42.6 Å². The fourth-order valence-electron chi connectivity index (χ4n) is 2.61. The summed E-state index contributed by atoms with van der Waals surface area (Å²) in [7, 11) is 0. The highest BCUT2D eigenvalue weighted by Crippen LogP contribution is 2.23. The van der Waals surface area contributed by atoms with Crippen LogP contribution in [-0.4, -0.2) is 10.6 Å². The number of hydrogen-bond donors (Lipinski definition) is 2. The van der Waals surface area contributed by atoms with Crippen molar-refractivity contribution in [3.63, 3.8) is 0 Å². The number of nitrogens with one attached hydrogen (secondary N) is 1. The Bertz CT molecular complexity index is 977. The highest BCUT2D eigenvalue weighted by atomic mass is 19.1. The fourth-order valence-corrected chi connectivity index (χ4v) is 2.61. The van der Waals surface area contributed by atoms with E-state index in [1.165, 1.54) is 22.8 Å². The molecule has 0 saturated carbocycles. The summed E-state index contributed by atoms with van der Waals surface area (Å²) in [6, 6.07) is 13.7. The lowest BCUT2D eigenvalue weighted by molar-refractivity contribution is 0.259. The van der Waals surface area contributed by atoms with Crippen molar-refractivity contribution in [3.05, 3.63) is 82.5 Å². The Morgan fingerprint density at radius 1 is 1.08 bits per heavy atom. The van der Waals surface area contributed by atoms with Crippen LogP contribution in [0.2, 0.25) is 0 Å². The number of urea groups is 1. The number of hydrogen-bond acceptors (Lipinski definition) is 2. The fraction of sp³-hybridized carbons (Fsp3) is 0.0526. The molecule has 0 fully saturated rings. The maximum atomic E-state index is 13.1. The lowest BCUT2D eigenvalue weighted by Gasteiger charge is -2.12. The van der Waals surface area contributed by atoms with Crippen LogP contribution in [0.15, 0.2) is 65.6 Å². The van der Waals surface area contributed by atoms with Gasteiger partial charge in [-0.15, -0.1) is 0 Å². The van der Waals surface area contributed by atoms with Crippen LogP contribution in [0, 0.1) is 12.7 Å². The van der Waals surface area contributed by atoms with Gasteiger partial charge in [-0.2, -0.15) is 0 Å². The first-order valence-corrected chi connectivity index (χ1v) is 7.60. The zero-order chi connectivity index (χ0) is 18.0. The first-order valence-electron chi connectivity index (χ1n) is 7.60. The van der Waals surface area contributed by atoms with E-state index in [0.717, 1.165) is 16.7 Å². The van der Waals surface area contributed by atoms with Gasteiger partial charge in [0.1, 0.15) is 5.82 Å². The minimum absolute atomic E-state index is 0.182. The van der Waals surface area contributed by atoms with Gasteiger partial charge in [0.15, 0.2) is 0 Å². The Morgan fingerprint density at radius 2 is 1.72 bits per heavy atom. The number of anilines is 1. The standard InChI is InChI=1S/C19H16FN3O2/c1-12-10-18(24)23(11-17(12)13-2-4-14(20)5-3-13)16-8-6-15(7-9-16)22-19(21)25/h2-11H,1H3,(H3,21,22,25). The number of nitrogens with zero attached hydrogens (tertiary/aromatic N) is 1. The number of carbonyl (C=O) groups excluding carboxylic acids is 1. The normalized spacial score (nSPS) is 10.5. The highest BCUT2D eigenvalue weighted by Gasteiger charge is 2.08. The van der Waals surface area contributed by atoms with Crippen molar-refractivity contribution in [1.82, 2.24) is 4.57 Å². The number of halogens is 1. The van der Waals surface area contributed by atoms with Crippen LogP contribution in [0.3, 0.4) is 0 Å². The SMILES string of the molecule is Cc1cc(=O)n(-c2ccc(NC(N)=O)cc2)cc1-c1ccc(F)cc1. The van der Waals surface area contributed by atoms with Crippen LogP contribution in [0.4, 0.5) is 14.9 Å². The summed E-state index contributed by atoms with van der Waals surface area (Å²) < 4.78 is 14.6. The van der Waals surface area contributed by atoms with Crippen LogP contribution in [0.1, 0.15) is 5.56 Å². The summed E-state index contributed by atoms with van der Waals surface area (Å²) in [5.41, 5.74) is 8.53. The van der Waals surface area contributed by atoms with E-state index in [-0.39, 0.29) is 11.4 Å². The Kier molecular flexibility index (Phi) is 4.35. The lowest BCUT2D eigenvalue weighted by Crippen LogP contribution is -2.20. The van der Waals surface area contributed by atoms with Crippen molar-refractivity contribution >= 4 is 11.7 Å². The van der Waals surface area contributed by atoms with Crippen molar-refractivity contribution in [2.45, 2.75) is 6.92 Å². The molecular formula is C19H16FN3O2. The largest absolute Gasteiger partial charge is 0.351 e. The van der Waals surface area contributed by atoms with E-state index < -0.39 is 6.03 Å². The van der Waals surface area contributed by atoms with Gasteiger partial charge in [0.05, 0.1) is 0 Å². The number of aromatic nitrogens is 1. The van der Waals surface area contributed by atoms with Gasteiger partial charge in [-0.25, -0.2) is 9.18 Å². The molecule has 2 amide bonds. The smallest absolute Gasteiger partial charge is 0.316 e. The van der Waals surface area contributed by atoms with E-state index in [9.17, 15) is 14.0 Å². The molecule has 126 valence electrons. The Balaban J connectivity index is 2.04. The molecule has 0 bridgehead atoms. The Morgan fingerprint density at radius 3 is 2.32 bits per heavy atom. The predicted octanol–water partition coefficient (Wildman–Crippen LogP) is 3.44. The molecule has 0 aliphatic heterocycles. The van der Waals surface area contributed by atoms with Crippen molar-refractivity contribution in [2.24, 2.45) is 5.73 Å². The second-order valence-electron chi connectivity index (χ2n) is 5.62. The second-order valence-corrected chi connectivity index (χ2v) is 5.62. The predicted molar refractivity (Wildman–Crippen MR) is 95.4 cm³/mol. The molecule has 0 aliphatic carbocycles. The summed E-state index contributed by atoms with van der Waals surface area (Å²) in [4.78, 5) is 23.2. The molecule has 2 aromatic carbocycles. The summed E-state index contributed by atoms with van der Waals surface area (Å²) in [5.74, 6) is -0.313. The first-order chi connectivity index (χ1) is 11.9. The quantitative estimate of drug-likeness (QED) is 0.768. The first kappa shape index (κ1) is 16.4. The van der Waals surface area contributed by atoms with Crippen molar-refractivity contribution < 1.29 is 9.18 Å². The molecule has 0 unspecified atom stereocenters. The molecule has 5 nitrogen and oxygen atoms in total. The van der Waals surface area contributed by atoms with Crippen LogP contribution in [-0.2, 0) is 0 Å². The summed E-state index contributed by atoms with van der Waals surface area (Å²) in [6.07, 6.45) is 1.72. The molecule has 0 radical (unpaired) electrons. The Labute approximate surface area is 143 Å². The number of aryl methyl sites for hydroxylation is 1. The topological polar surface area (TPSA) is 77.1 Å². The van der Waals surface area contributed by atoms with Crippen LogP contribution < -0.4 is 16.6 Å². The van der Waals surface area contributed by atoms with E-state index >= 15 is 0 Å². The molecule has 0 spiro atoms. The Hall–Kier alpha value is -3.41. The summed E-state index contributed by atoms with van der Waals surface area (Å²) in [6.45, 7) is 1.84. The van der Waals surface area contributed by atoms with Crippen molar-refractivity contribution in [3.8, 4) is 16.8 Å². The minimum atomic E-state index is -0.654. The van der Waals surface area contributed by atoms with Gasteiger partial charge >= 0.3 is 6.03 Å². The average molecular weight is 337 g/mol. The van der Waals surface area contributed by atoms with E-state index in [0.29, 0.717) is 11.4 Å². The zero-order valence-electron chi connectivity index (χ0n) is 13.5. The number of pyridine rings is 1. The van der Waals surface area contributed by atoms with Crippen LogP contribution in [0.5, 0.6) is 0 Å². The third-order valence-corrected chi connectivity index (χ3v) is 3.83. The van der Waals surface area contributed by atoms with Crippen molar-refractivity contribution in [2.75, 3.05) is 5.32 Å². The molecule has 1 heterocycles. The number of nitrogens with two attached hydrogens (primary N) is 1. The van der Waals surface area contributed by atoms with E-state index in [2.05, 4.69) is 5.32 Å². The third-order valence-electron chi connectivity index (χ3n) is 3.83. The molecule has 25 heavy (non-hydrogen) atoms. The van der Waals surface area contributed by atoms with Gasteiger partial charge in [-0.1, -0.05) is 12.1 Å². The minimum Gasteiger partial charge on any atom is -0.351 e. The molecular weight excluding hydrogens is 321 g/mol. The van der Waals surface area contributed by atoms with Gasteiger partial charge in [-0.05, 0) is 54.4 Å².